The lowest BCUT2D eigenvalue weighted by molar-refractivity contribution is 0.373. The van der Waals surface area contributed by atoms with Crippen molar-refractivity contribution in [1.82, 2.24) is 4.57 Å². The number of phenols is 5. The van der Waals surface area contributed by atoms with Crippen LogP contribution in [0.3, 0.4) is 0 Å². The van der Waals surface area contributed by atoms with Crippen LogP contribution in [0.1, 0.15) is 11.1 Å². The van der Waals surface area contributed by atoms with Gasteiger partial charge in [-0.3, -0.25) is 0 Å². The standard InChI is InChI=1S/C27H21NO8/c1-11-13-5-6-28-24(14(13)8-19(32)26(11)33)22(12-3-4-20(35-2)18(31)7-12)23-15-9-16(29)17(30)10-21(15)36-27(34)25(23)28/h3-4,7-10,29-33H,5-6H2,1-2H3. The summed E-state index contributed by atoms with van der Waals surface area (Å²) in [4.78, 5) is 13.3. The van der Waals surface area contributed by atoms with Crippen molar-refractivity contribution in [2.24, 2.45) is 0 Å². The second kappa shape index (κ2) is 7.35. The molecule has 182 valence electrons. The Hall–Kier alpha value is -4.79. The molecule has 0 saturated heterocycles. The second-order valence-corrected chi connectivity index (χ2v) is 8.86. The molecule has 3 aromatic carbocycles. The maximum atomic E-state index is 13.3. The summed E-state index contributed by atoms with van der Waals surface area (Å²) >= 11 is 0. The minimum Gasteiger partial charge on any atom is -0.504 e. The Bertz CT molecular complexity index is 1810. The van der Waals surface area contributed by atoms with Gasteiger partial charge < -0.3 is 39.3 Å². The molecular weight excluding hydrogens is 466 g/mol. The Balaban J connectivity index is 1.87. The third-order valence-electron chi connectivity index (χ3n) is 6.97. The molecule has 36 heavy (non-hydrogen) atoms. The Labute approximate surface area is 203 Å². The number of methoxy groups -OCH3 is 1. The van der Waals surface area contributed by atoms with Crippen molar-refractivity contribution in [1.29, 1.82) is 0 Å². The number of hydrogen-bond donors (Lipinski definition) is 5. The SMILES string of the molecule is COc1ccc(-c2c3n(c4c(=O)oc5cc(O)c(O)cc5c24)CCc2c-3cc(O)c(O)c2C)cc1O. The zero-order valence-corrected chi connectivity index (χ0v) is 19.3. The summed E-state index contributed by atoms with van der Waals surface area (Å²) in [7, 11) is 1.44. The molecule has 5 N–H and O–H groups in total. The van der Waals surface area contributed by atoms with Gasteiger partial charge in [-0.25, -0.2) is 4.79 Å². The number of fused-ring (bicyclic) bond motifs is 7. The molecule has 9 heteroatoms. The molecule has 0 radical (unpaired) electrons. The number of aromatic nitrogens is 1. The summed E-state index contributed by atoms with van der Waals surface area (Å²) in [5.74, 6) is -1.16. The lowest BCUT2D eigenvalue weighted by Crippen LogP contribution is -2.15. The van der Waals surface area contributed by atoms with E-state index in [-0.39, 0.29) is 39.8 Å². The lowest BCUT2D eigenvalue weighted by Gasteiger charge is -2.24. The minimum absolute atomic E-state index is 0.0784. The van der Waals surface area contributed by atoms with Gasteiger partial charge in [0.15, 0.2) is 34.5 Å². The van der Waals surface area contributed by atoms with Crippen molar-refractivity contribution in [2.45, 2.75) is 19.9 Å². The van der Waals surface area contributed by atoms with Gasteiger partial charge in [-0.15, -0.1) is 0 Å². The van der Waals surface area contributed by atoms with E-state index in [1.165, 1.54) is 31.4 Å². The van der Waals surface area contributed by atoms with Crippen LogP contribution in [0.25, 0.3) is 44.3 Å². The summed E-state index contributed by atoms with van der Waals surface area (Å²) < 4.78 is 12.5. The summed E-state index contributed by atoms with van der Waals surface area (Å²) in [6.07, 6.45) is 0.484. The van der Waals surface area contributed by atoms with Gasteiger partial charge in [-0.05, 0) is 54.3 Å². The van der Waals surface area contributed by atoms with Gasteiger partial charge in [0.25, 0.3) is 0 Å². The third-order valence-corrected chi connectivity index (χ3v) is 6.97. The van der Waals surface area contributed by atoms with Crippen LogP contribution in [0.5, 0.6) is 34.5 Å². The van der Waals surface area contributed by atoms with Gasteiger partial charge in [0, 0.05) is 34.5 Å². The predicted molar refractivity (Wildman–Crippen MR) is 132 cm³/mol. The first-order valence-corrected chi connectivity index (χ1v) is 11.2. The molecule has 0 atom stereocenters. The molecule has 0 saturated carbocycles. The summed E-state index contributed by atoms with van der Waals surface area (Å²) in [5, 5.41) is 52.5. The summed E-state index contributed by atoms with van der Waals surface area (Å²) in [6.45, 7) is 2.10. The molecular formula is C27H21NO8. The topological polar surface area (TPSA) is 146 Å². The van der Waals surface area contributed by atoms with Crippen LogP contribution in [0.15, 0.2) is 45.6 Å². The van der Waals surface area contributed by atoms with E-state index in [9.17, 15) is 30.3 Å². The number of nitrogens with zero attached hydrogens (tertiary/aromatic N) is 1. The Morgan fingerprint density at radius 1 is 0.944 bits per heavy atom. The van der Waals surface area contributed by atoms with Gasteiger partial charge in [-0.2, -0.15) is 0 Å². The fourth-order valence-electron chi connectivity index (χ4n) is 5.30. The largest absolute Gasteiger partial charge is 0.504 e. The third kappa shape index (κ3) is 2.79. The van der Waals surface area contributed by atoms with Gasteiger partial charge in [0.1, 0.15) is 11.1 Å². The zero-order chi connectivity index (χ0) is 25.5. The normalized spacial score (nSPS) is 12.6. The van der Waals surface area contributed by atoms with Crippen LogP contribution in [-0.4, -0.2) is 37.2 Å². The second-order valence-electron chi connectivity index (χ2n) is 8.86. The number of hydrogen-bond acceptors (Lipinski definition) is 8. The number of benzene rings is 3. The number of phenolic OH excluding ortho intramolecular Hbond substituents is 5. The molecule has 6 rings (SSSR count). The highest BCUT2D eigenvalue weighted by Gasteiger charge is 2.31. The first-order chi connectivity index (χ1) is 17.2. The highest BCUT2D eigenvalue weighted by molar-refractivity contribution is 6.17. The molecule has 5 aromatic rings. The van der Waals surface area contributed by atoms with E-state index in [0.29, 0.717) is 51.7 Å². The summed E-state index contributed by atoms with van der Waals surface area (Å²) in [5.41, 5.74) is 3.32. The molecule has 0 fully saturated rings. The van der Waals surface area contributed by atoms with Crippen molar-refractivity contribution >= 4 is 21.9 Å². The van der Waals surface area contributed by atoms with Gasteiger partial charge in [-0.1, -0.05) is 6.07 Å². The van der Waals surface area contributed by atoms with E-state index in [1.54, 1.807) is 23.6 Å². The van der Waals surface area contributed by atoms with Crippen molar-refractivity contribution in [3.63, 3.8) is 0 Å². The van der Waals surface area contributed by atoms with Crippen LogP contribution < -0.4 is 10.4 Å². The fourth-order valence-corrected chi connectivity index (χ4v) is 5.30. The predicted octanol–water partition coefficient (Wildman–Crippen LogP) is 4.48. The van der Waals surface area contributed by atoms with Crippen molar-refractivity contribution in [3.05, 3.63) is 57.9 Å². The molecule has 1 aliphatic heterocycles. The first-order valence-electron chi connectivity index (χ1n) is 11.2. The van der Waals surface area contributed by atoms with Crippen LogP contribution in [0.2, 0.25) is 0 Å². The Morgan fingerprint density at radius 3 is 2.42 bits per heavy atom. The highest BCUT2D eigenvalue weighted by atomic mass is 16.5. The van der Waals surface area contributed by atoms with E-state index in [4.69, 9.17) is 9.15 Å². The van der Waals surface area contributed by atoms with Crippen LogP contribution >= 0.6 is 0 Å². The van der Waals surface area contributed by atoms with Crippen molar-refractivity contribution in [3.8, 4) is 56.9 Å². The van der Waals surface area contributed by atoms with E-state index in [0.717, 1.165) is 5.56 Å². The average molecular weight is 487 g/mol. The van der Waals surface area contributed by atoms with Gasteiger partial charge >= 0.3 is 5.63 Å². The average Bonchev–Trinajstić information content (AvgIpc) is 3.20. The molecule has 0 bridgehead atoms. The molecule has 3 heterocycles. The monoisotopic (exact) mass is 487 g/mol. The highest BCUT2D eigenvalue weighted by Crippen LogP contribution is 2.50. The van der Waals surface area contributed by atoms with E-state index in [2.05, 4.69) is 0 Å². The number of rotatable bonds is 2. The van der Waals surface area contributed by atoms with Crippen molar-refractivity contribution < 1.29 is 34.7 Å². The molecule has 0 spiro atoms. The minimum atomic E-state index is -0.643. The molecule has 0 aliphatic carbocycles. The Kier molecular flexibility index (Phi) is 4.44. The van der Waals surface area contributed by atoms with E-state index >= 15 is 0 Å². The Morgan fingerprint density at radius 2 is 1.69 bits per heavy atom. The summed E-state index contributed by atoms with van der Waals surface area (Å²) in [6, 6.07) is 8.81. The molecule has 1 aliphatic rings. The molecule has 0 unspecified atom stereocenters. The van der Waals surface area contributed by atoms with E-state index < -0.39 is 11.4 Å². The van der Waals surface area contributed by atoms with Crippen LogP contribution in [0, 0.1) is 6.92 Å². The molecule has 2 aromatic heterocycles. The maximum Gasteiger partial charge on any atom is 0.361 e. The smallest absolute Gasteiger partial charge is 0.361 e. The first kappa shape index (κ1) is 21.7. The quantitative estimate of drug-likeness (QED) is 0.181. The van der Waals surface area contributed by atoms with E-state index in [1.807, 2.05) is 0 Å². The van der Waals surface area contributed by atoms with Gasteiger partial charge in [0.2, 0.25) is 0 Å². The number of aromatic hydroxyl groups is 5. The van der Waals surface area contributed by atoms with Crippen LogP contribution in [-0.2, 0) is 13.0 Å². The van der Waals surface area contributed by atoms with Crippen molar-refractivity contribution in [2.75, 3.05) is 7.11 Å². The zero-order valence-electron chi connectivity index (χ0n) is 19.3. The van der Waals surface area contributed by atoms with Gasteiger partial charge in [0.05, 0.1) is 12.8 Å². The maximum absolute atomic E-state index is 13.3. The lowest BCUT2D eigenvalue weighted by atomic mass is 9.89. The molecule has 9 nitrogen and oxygen atoms in total. The van der Waals surface area contributed by atoms with Crippen LogP contribution in [0.4, 0.5) is 0 Å². The number of aryl methyl sites for hydroxylation is 1. The fraction of sp³-hybridized carbons (Fsp3) is 0.148. The number of ether oxygens (including phenoxy) is 1. The molecule has 0 amide bonds.